The number of nitrogens with one attached hydrogen (secondary N) is 7. The van der Waals surface area contributed by atoms with Gasteiger partial charge in [-0.15, -0.1) is 0 Å². The lowest BCUT2D eigenvalue weighted by atomic mass is 9.76. The summed E-state index contributed by atoms with van der Waals surface area (Å²) in [6.45, 7) is 22.1. The van der Waals surface area contributed by atoms with E-state index in [9.17, 15) is 33.6 Å². The van der Waals surface area contributed by atoms with Gasteiger partial charge in [0, 0.05) is 32.5 Å². The number of carbonyl (C=O) groups excluding carboxylic acids is 7. The summed E-state index contributed by atoms with van der Waals surface area (Å²) < 4.78 is 0. The molecule has 0 heterocycles. The van der Waals surface area contributed by atoms with E-state index in [4.69, 9.17) is 0 Å². The molecule has 1 fully saturated rings. The van der Waals surface area contributed by atoms with Gasteiger partial charge >= 0.3 is 0 Å². The third-order valence-corrected chi connectivity index (χ3v) is 9.92. The smallest absolute Gasteiger partial charge is 0.245 e. The van der Waals surface area contributed by atoms with E-state index in [2.05, 4.69) is 42.1 Å². The van der Waals surface area contributed by atoms with Crippen LogP contribution in [0.3, 0.4) is 0 Å². The van der Waals surface area contributed by atoms with Crippen molar-refractivity contribution in [3.8, 4) is 0 Å². The number of rotatable bonds is 24. The van der Waals surface area contributed by atoms with Crippen molar-refractivity contribution in [3.05, 3.63) is 0 Å². The van der Waals surface area contributed by atoms with E-state index in [0.717, 1.165) is 25.8 Å². The van der Waals surface area contributed by atoms with Crippen molar-refractivity contribution in [2.45, 2.75) is 163 Å². The van der Waals surface area contributed by atoms with Crippen LogP contribution in [0.25, 0.3) is 0 Å². The highest BCUT2D eigenvalue weighted by atomic mass is 16.2. The second kappa shape index (κ2) is 21.7. The molecule has 0 spiro atoms. The Bertz CT molecular complexity index is 1370. The standard InChI is InChI=1S/C41H76N8O7/c1-26(2)16-17-31(50)46-40(11,12)37(56)45-29(22-27(3)4)33(52)44-30(23-28(5)6)34(53)48-39(9,10)36(55)43-24-38(7,8)35(54)42-21-18-32(51)47-41(19-15-20-41)25-49(13)14/h26-30H,15-25H2,1-14H3,(H,42,54)(H,43,55)(H,44,52)(H,45,56)(H,46,50)(H,47,51)(H,48,53)/t29-,30-/m0/s1. The lowest BCUT2D eigenvalue weighted by molar-refractivity contribution is -0.137. The first-order valence-corrected chi connectivity index (χ1v) is 20.4. The average Bonchev–Trinajstić information content (AvgIpc) is 3.03. The Balaban J connectivity index is 2.87. The molecule has 322 valence electrons. The maximum atomic E-state index is 13.7. The summed E-state index contributed by atoms with van der Waals surface area (Å²) in [6, 6.07) is -2.01. The zero-order chi connectivity index (χ0) is 43.2. The van der Waals surface area contributed by atoms with Gasteiger partial charge in [-0.05, 0) is 112 Å². The van der Waals surface area contributed by atoms with Gasteiger partial charge in [-0.3, -0.25) is 33.6 Å². The van der Waals surface area contributed by atoms with E-state index in [1.165, 1.54) is 13.8 Å². The third-order valence-electron chi connectivity index (χ3n) is 9.92. The van der Waals surface area contributed by atoms with Crippen molar-refractivity contribution in [1.82, 2.24) is 42.1 Å². The van der Waals surface area contributed by atoms with Crippen LogP contribution in [0.1, 0.15) is 134 Å². The number of hydrogen-bond donors (Lipinski definition) is 7. The number of carbonyl (C=O) groups is 7. The Morgan fingerprint density at radius 2 is 1.16 bits per heavy atom. The van der Waals surface area contributed by atoms with Gasteiger partial charge < -0.3 is 42.1 Å². The lowest BCUT2D eigenvalue weighted by Gasteiger charge is -2.44. The van der Waals surface area contributed by atoms with Crippen molar-refractivity contribution < 1.29 is 33.6 Å². The molecule has 2 atom stereocenters. The van der Waals surface area contributed by atoms with Crippen LogP contribution in [0, 0.1) is 23.2 Å². The molecule has 0 aromatic carbocycles. The topological polar surface area (TPSA) is 207 Å². The van der Waals surface area contributed by atoms with Gasteiger partial charge in [0.05, 0.1) is 11.0 Å². The van der Waals surface area contributed by atoms with Crippen LogP contribution in [0.4, 0.5) is 0 Å². The SMILES string of the molecule is CC(C)CCC(=O)NC(C)(C)C(=O)N[C@@H](CC(C)C)C(=O)N[C@@H](CC(C)C)C(=O)NC(C)(C)C(=O)NCC(C)(C)C(=O)NCCC(=O)NC1(CN(C)C)CCC1. The van der Waals surface area contributed by atoms with E-state index in [0.29, 0.717) is 12.3 Å². The molecule has 1 rings (SSSR count). The molecule has 7 amide bonds. The maximum absolute atomic E-state index is 13.7. The summed E-state index contributed by atoms with van der Waals surface area (Å²) in [5.74, 6) is -2.58. The molecule has 0 aromatic rings. The molecular weight excluding hydrogens is 716 g/mol. The predicted molar refractivity (Wildman–Crippen MR) is 219 cm³/mol. The van der Waals surface area contributed by atoms with Crippen molar-refractivity contribution in [3.63, 3.8) is 0 Å². The Labute approximate surface area is 336 Å². The highest BCUT2D eigenvalue weighted by Gasteiger charge is 2.40. The fourth-order valence-electron chi connectivity index (χ4n) is 6.38. The Morgan fingerprint density at radius 3 is 1.64 bits per heavy atom. The molecule has 7 N–H and O–H groups in total. The fourth-order valence-corrected chi connectivity index (χ4v) is 6.38. The second-order valence-electron chi connectivity index (χ2n) is 19.1. The molecule has 56 heavy (non-hydrogen) atoms. The molecule has 15 heteroatoms. The Morgan fingerprint density at radius 1 is 0.625 bits per heavy atom. The normalized spacial score (nSPS) is 15.4. The largest absolute Gasteiger partial charge is 0.355 e. The molecule has 15 nitrogen and oxygen atoms in total. The van der Waals surface area contributed by atoms with Crippen molar-refractivity contribution >= 4 is 41.4 Å². The van der Waals surface area contributed by atoms with Crippen molar-refractivity contribution in [2.24, 2.45) is 23.2 Å². The van der Waals surface area contributed by atoms with Gasteiger partial charge in [-0.2, -0.15) is 0 Å². The molecule has 1 aliphatic rings. The van der Waals surface area contributed by atoms with Crippen LogP contribution in [-0.2, 0) is 33.6 Å². The minimum Gasteiger partial charge on any atom is -0.355 e. The fraction of sp³-hybridized carbons (Fsp3) is 0.829. The number of likely N-dealkylation sites (N-methyl/N-ethyl adjacent to an activating group) is 1. The second-order valence-corrected chi connectivity index (χ2v) is 19.1. The molecule has 0 unspecified atom stereocenters. The van der Waals surface area contributed by atoms with Gasteiger partial charge in [0.25, 0.3) is 0 Å². The minimum absolute atomic E-state index is 0.0103. The molecule has 0 aliphatic heterocycles. The van der Waals surface area contributed by atoms with Gasteiger partial charge in [0.1, 0.15) is 23.2 Å². The zero-order valence-electron chi connectivity index (χ0n) is 37.0. The number of hydrogen-bond acceptors (Lipinski definition) is 8. The van der Waals surface area contributed by atoms with Crippen LogP contribution in [0.15, 0.2) is 0 Å². The minimum atomic E-state index is -1.42. The summed E-state index contributed by atoms with van der Waals surface area (Å²) in [4.78, 5) is 94.4. The summed E-state index contributed by atoms with van der Waals surface area (Å²) in [7, 11) is 3.95. The molecule has 1 aliphatic carbocycles. The molecule has 0 aromatic heterocycles. The van der Waals surface area contributed by atoms with Crippen molar-refractivity contribution in [1.29, 1.82) is 0 Å². The molecular formula is C41H76N8O7. The Kier molecular flexibility index (Phi) is 19.5. The first kappa shape index (κ1) is 50.3. The van der Waals surface area contributed by atoms with Crippen LogP contribution >= 0.6 is 0 Å². The van der Waals surface area contributed by atoms with E-state index in [-0.39, 0.29) is 73.9 Å². The summed E-state index contributed by atoms with van der Waals surface area (Å²) in [6.07, 6.45) is 4.56. The first-order valence-electron chi connectivity index (χ1n) is 20.4. The monoisotopic (exact) mass is 793 g/mol. The summed E-state index contributed by atoms with van der Waals surface area (Å²) in [5, 5.41) is 19.8. The predicted octanol–water partition coefficient (Wildman–Crippen LogP) is 2.52. The van der Waals surface area contributed by atoms with Crippen LogP contribution in [-0.4, -0.2) is 109 Å². The highest BCUT2D eigenvalue weighted by molar-refractivity contribution is 5.97. The zero-order valence-corrected chi connectivity index (χ0v) is 37.0. The highest BCUT2D eigenvalue weighted by Crippen LogP contribution is 2.32. The van der Waals surface area contributed by atoms with Gasteiger partial charge in [-0.25, -0.2) is 0 Å². The Hall–Kier alpha value is -3.75. The average molecular weight is 793 g/mol. The van der Waals surface area contributed by atoms with Gasteiger partial charge in [0.2, 0.25) is 41.4 Å². The van der Waals surface area contributed by atoms with Crippen LogP contribution in [0.2, 0.25) is 0 Å². The number of amides is 7. The van der Waals surface area contributed by atoms with E-state index >= 15 is 0 Å². The molecule has 0 radical (unpaired) electrons. The number of nitrogens with zero attached hydrogens (tertiary/aromatic N) is 1. The molecule has 0 saturated heterocycles. The van der Waals surface area contributed by atoms with Crippen LogP contribution in [0.5, 0.6) is 0 Å². The van der Waals surface area contributed by atoms with E-state index < -0.39 is 52.2 Å². The third kappa shape index (κ3) is 17.6. The van der Waals surface area contributed by atoms with Gasteiger partial charge in [-0.1, -0.05) is 41.5 Å². The quantitative estimate of drug-likeness (QED) is 0.0772. The lowest BCUT2D eigenvalue weighted by Crippen LogP contribution is -2.62. The van der Waals surface area contributed by atoms with Crippen LogP contribution < -0.4 is 37.2 Å². The summed E-state index contributed by atoms with van der Waals surface area (Å²) >= 11 is 0. The molecule has 1 saturated carbocycles. The van der Waals surface area contributed by atoms with Crippen molar-refractivity contribution in [2.75, 3.05) is 33.7 Å². The van der Waals surface area contributed by atoms with E-state index in [1.54, 1.807) is 27.7 Å². The summed E-state index contributed by atoms with van der Waals surface area (Å²) in [5.41, 5.74) is -3.95. The van der Waals surface area contributed by atoms with Gasteiger partial charge in [0.15, 0.2) is 0 Å². The maximum Gasteiger partial charge on any atom is 0.245 e. The molecule has 0 bridgehead atoms. The first-order chi connectivity index (χ1) is 25.6. The van der Waals surface area contributed by atoms with E-state index in [1.807, 2.05) is 55.6 Å².